The van der Waals surface area contributed by atoms with E-state index in [4.69, 9.17) is 0 Å². The lowest BCUT2D eigenvalue weighted by molar-refractivity contribution is 0.102. The lowest BCUT2D eigenvalue weighted by atomic mass is 9.96. The second kappa shape index (κ2) is 6.37. The van der Waals surface area contributed by atoms with Gasteiger partial charge in [0.2, 0.25) is 5.13 Å². The number of anilines is 2. The maximum atomic E-state index is 12.0. The molecule has 1 fully saturated rings. The van der Waals surface area contributed by atoms with Gasteiger partial charge in [-0.2, -0.15) is 0 Å². The van der Waals surface area contributed by atoms with Crippen molar-refractivity contribution in [3.8, 4) is 0 Å². The normalized spacial score (nSPS) is 21.6. The summed E-state index contributed by atoms with van der Waals surface area (Å²) in [6.07, 6.45) is 2.13. The molecule has 2 atom stereocenters. The first kappa shape index (κ1) is 14.9. The van der Waals surface area contributed by atoms with Crippen LogP contribution in [-0.2, 0) is 0 Å². The van der Waals surface area contributed by atoms with Crippen LogP contribution in [-0.4, -0.2) is 45.4 Å². The Morgan fingerprint density at radius 2 is 2.36 bits per heavy atom. The minimum absolute atomic E-state index is 0.261. The Balaban J connectivity index is 1.66. The molecule has 1 aliphatic rings. The number of carbonyl (C=O) groups is 1. The van der Waals surface area contributed by atoms with Gasteiger partial charge in [-0.05, 0) is 24.5 Å². The largest absolute Gasteiger partial charge is 0.391 e. The summed E-state index contributed by atoms with van der Waals surface area (Å²) in [6.45, 7) is 3.49. The van der Waals surface area contributed by atoms with Crippen molar-refractivity contribution in [2.75, 3.05) is 23.3 Å². The van der Waals surface area contributed by atoms with E-state index < -0.39 is 0 Å². The van der Waals surface area contributed by atoms with E-state index in [9.17, 15) is 9.90 Å². The summed E-state index contributed by atoms with van der Waals surface area (Å²) in [5, 5.41) is 20.5. The van der Waals surface area contributed by atoms with E-state index in [1.54, 1.807) is 17.6 Å². The van der Waals surface area contributed by atoms with Gasteiger partial charge in [-0.3, -0.25) is 10.1 Å². The molecule has 0 radical (unpaired) electrons. The van der Waals surface area contributed by atoms with Gasteiger partial charge in [0.15, 0.2) is 0 Å². The number of nitrogens with zero attached hydrogens (tertiary/aromatic N) is 4. The van der Waals surface area contributed by atoms with Crippen molar-refractivity contribution in [2.24, 2.45) is 5.92 Å². The minimum Gasteiger partial charge on any atom is -0.391 e. The van der Waals surface area contributed by atoms with Crippen LogP contribution in [0.25, 0.3) is 0 Å². The number of hydrogen-bond donors (Lipinski definition) is 2. The average molecular weight is 319 g/mol. The molecule has 2 N–H and O–H groups in total. The SMILES string of the molecule is CC1CCN(c2ccc(C(=O)Nc3nncs3)cn2)CC1O. The molecule has 0 bridgehead atoms. The number of nitrogens with one attached hydrogen (secondary N) is 1. The molecule has 2 unspecified atom stereocenters. The number of aliphatic hydroxyl groups is 1. The molecule has 0 spiro atoms. The second-order valence-corrected chi connectivity index (χ2v) is 6.22. The van der Waals surface area contributed by atoms with Crippen LogP contribution >= 0.6 is 11.3 Å². The number of β-amino-alcohol motifs (C(OH)–C–C–N with tert-alkyl or cyclic N) is 1. The van der Waals surface area contributed by atoms with E-state index in [2.05, 4.69) is 27.4 Å². The highest BCUT2D eigenvalue weighted by atomic mass is 32.1. The summed E-state index contributed by atoms with van der Waals surface area (Å²) >= 11 is 1.26. The highest BCUT2D eigenvalue weighted by Gasteiger charge is 2.25. The summed E-state index contributed by atoms with van der Waals surface area (Å²) in [7, 11) is 0. The van der Waals surface area contributed by atoms with Crippen molar-refractivity contribution in [3.05, 3.63) is 29.4 Å². The highest BCUT2D eigenvalue weighted by Crippen LogP contribution is 2.22. The number of amides is 1. The van der Waals surface area contributed by atoms with Gasteiger partial charge in [0.05, 0.1) is 11.7 Å². The number of piperidine rings is 1. The molecule has 1 amide bonds. The third-order valence-electron chi connectivity index (χ3n) is 3.83. The van der Waals surface area contributed by atoms with E-state index in [0.29, 0.717) is 23.2 Å². The van der Waals surface area contributed by atoms with Crippen LogP contribution in [0.4, 0.5) is 10.9 Å². The molecule has 0 aromatic carbocycles. The van der Waals surface area contributed by atoms with Gasteiger partial charge >= 0.3 is 0 Å². The molecule has 7 nitrogen and oxygen atoms in total. The fourth-order valence-corrected chi connectivity index (χ4v) is 2.80. The zero-order chi connectivity index (χ0) is 15.5. The van der Waals surface area contributed by atoms with E-state index >= 15 is 0 Å². The average Bonchev–Trinajstić information content (AvgIpc) is 3.03. The molecular weight excluding hydrogens is 302 g/mol. The number of carbonyl (C=O) groups excluding carboxylic acids is 1. The molecule has 116 valence electrons. The third kappa shape index (κ3) is 3.23. The molecular formula is C14H17N5O2S. The predicted molar refractivity (Wildman–Crippen MR) is 84.1 cm³/mol. The highest BCUT2D eigenvalue weighted by molar-refractivity contribution is 7.13. The van der Waals surface area contributed by atoms with Crippen LogP contribution in [0.5, 0.6) is 0 Å². The number of aliphatic hydroxyl groups excluding tert-OH is 1. The van der Waals surface area contributed by atoms with Crippen LogP contribution in [0.3, 0.4) is 0 Å². The van der Waals surface area contributed by atoms with Gasteiger partial charge in [-0.25, -0.2) is 4.98 Å². The van der Waals surface area contributed by atoms with Gasteiger partial charge in [-0.15, -0.1) is 10.2 Å². The zero-order valence-electron chi connectivity index (χ0n) is 12.1. The van der Waals surface area contributed by atoms with Crippen LogP contribution in [0.1, 0.15) is 23.7 Å². The molecule has 22 heavy (non-hydrogen) atoms. The first-order valence-corrected chi connectivity index (χ1v) is 7.98. The molecule has 3 heterocycles. The van der Waals surface area contributed by atoms with E-state index in [0.717, 1.165) is 18.8 Å². The molecule has 0 aliphatic carbocycles. The first-order chi connectivity index (χ1) is 10.6. The lowest BCUT2D eigenvalue weighted by Gasteiger charge is -2.35. The number of hydrogen-bond acceptors (Lipinski definition) is 7. The van der Waals surface area contributed by atoms with Crippen LogP contribution < -0.4 is 10.2 Å². The summed E-state index contributed by atoms with van der Waals surface area (Å²) in [5.41, 5.74) is 2.02. The molecule has 8 heteroatoms. The molecule has 1 saturated heterocycles. The van der Waals surface area contributed by atoms with Crippen molar-refractivity contribution >= 4 is 28.2 Å². The fourth-order valence-electron chi connectivity index (χ4n) is 2.36. The summed E-state index contributed by atoms with van der Waals surface area (Å²) < 4.78 is 0. The second-order valence-electron chi connectivity index (χ2n) is 5.38. The van der Waals surface area contributed by atoms with Crippen molar-refractivity contribution in [2.45, 2.75) is 19.4 Å². The van der Waals surface area contributed by atoms with Gasteiger partial charge in [0, 0.05) is 19.3 Å². The topological polar surface area (TPSA) is 91.2 Å². The molecule has 1 aliphatic heterocycles. The molecule has 2 aromatic heterocycles. The van der Waals surface area contributed by atoms with Gasteiger partial charge in [-0.1, -0.05) is 18.3 Å². The van der Waals surface area contributed by atoms with Crippen molar-refractivity contribution < 1.29 is 9.90 Å². The van der Waals surface area contributed by atoms with Crippen LogP contribution in [0, 0.1) is 5.92 Å². The maximum Gasteiger partial charge on any atom is 0.259 e. The van der Waals surface area contributed by atoms with Crippen LogP contribution in [0.15, 0.2) is 23.8 Å². The summed E-state index contributed by atoms with van der Waals surface area (Å²) in [5.74, 6) is 0.828. The van der Waals surface area contributed by atoms with Crippen molar-refractivity contribution in [1.29, 1.82) is 0 Å². The lowest BCUT2D eigenvalue weighted by Crippen LogP contribution is -2.43. The summed E-state index contributed by atoms with van der Waals surface area (Å²) in [6, 6.07) is 3.53. The van der Waals surface area contributed by atoms with Gasteiger partial charge in [0.25, 0.3) is 5.91 Å². The Labute approximate surface area is 132 Å². The van der Waals surface area contributed by atoms with E-state index in [-0.39, 0.29) is 12.0 Å². The Hall–Kier alpha value is -2.06. The Morgan fingerprint density at radius 3 is 3.00 bits per heavy atom. The molecule has 2 aromatic rings. The number of aromatic nitrogens is 3. The Kier molecular flexibility index (Phi) is 4.30. The Bertz CT molecular complexity index is 631. The monoisotopic (exact) mass is 319 g/mol. The Morgan fingerprint density at radius 1 is 1.50 bits per heavy atom. The van der Waals surface area contributed by atoms with Crippen LogP contribution in [0.2, 0.25) is 0 Å². The third-order valence-corrected chi connectivity index (χ3v) is 4.44. The smallest absolute Gasteiger partial charge is 0.259 e. The first-order valence-electron chi connectivity index (χ1n) is 7.10. The quantitative estimate of drug-likeness (QED) is 0.888. The van der Waals surface area contributed by atoms with E-state index in [1.807, 2.05) is 4.90 Å². The predicted octanol–water partition coefficient (Wildman–Crippen LogP) is 1.39. The zero-order valence-corrected chi connectivity index (χ0v) is 13.0. The number of pyridine rings is 1. The van der Waals surface area contributed by atoms with Gasteiger partial charge < -0.3 is 10.0 Å². The van der Waals surface area contributed by atoms with Crippen molar-refractivity contribution in [1.82, 2.24) is 15.2 Å². The molecule has 0 saturated carbocycles. The standard InChI is InChI=1S/C14H17N5O2S/c1-9-4-5-19(7-11(9)20)12-3-2-10(6-15-12)13(21)17-14-18-16-8-22-14/h2-3,6,8-9,11,20H,4-5,7H2,1H3,(H,17,18,21). The fraction of sp³-hybridized carbons (Fsp3) is 0.429. The maximum absolute atomic E-state index is 12.0. The van der Waals surface area contributed by atoms with E-state index in [1.165, 1.54) is 17.5 Å². The number of rotatable bonds is 3. The van der Waals surface area contributed by atoms with Crippen molar-refractivity contribution in [3.63, 3.8) is 0 Å². The minimum atomic E-state index is -0.337. The van der Waals surface area contributed by atoms with Gasteiger partial charge in [0.1, 0.15) is 11.3 Å². The summed E-state index contributed by atoms with van der Waals surface area (Å²) in [4.78, 5) is 18.4. The molecule has 3 rings (SSSR count).